The van der Waals surface area contributed by atoms with E-state index >= 15 is 0 Å². The SMILES string of the molecule is CC(C)[C@H](O)CP(=O)(O)CCCN. The highest BCUT2D eigenvalue weighted by atomic mass is 31.2. The number of hydrogen-bond donors (Lipinski definition) is 3. The third kappa shape index (κ3) is 6.22. The van der Waals surface area contributed by atoms with E-state index in [-0.39, 0.29) is 18.2 Å². The zero-order valence-electron chi connectivity index (χ0n) is 8.31. The lowest BCUT2D eigenvalue weighted by molar-refractivity contribution is 0.144. The molecule has 1 unspecified atom stereocenters. The Labute approximate surface area is 79.6 Å². The standard InChI is InChI=1S/C8H20NO3P/c1-7(2)8(10)6-13(11,12)5-3-4-9/h7-8,10H,3-6,9H2,1-2H3,(H,11,12)/t8-/m1/s1. The molecule has 0 aliphatic rings. The summed E-state index contributed by atoms with van der Waals surface area (Å²) in [4.78, 5) is 9.40. The highest BCUT2D eigenvalue weighted by molar-refractivity contribution is 7.58. The minimum atomic E-state index is -3.15. The Morgan fingerprint density at radius 1 is 1.46 bits per heavy atom. The molecular weight excluding hydrogens is 189 g/mol. The van der Waals surface area contributed by atoms with Gasteiger partial charge in [-0.3, -0.25) is 4.57 Å². The van der Waals surface area contributed by atoms with E-state index in [0.29, 0.717) is 13.0 Å². The number of aliphatic hydroxyl groups excluding tert-OH is 1. The van der Waals surface area contributed by atoms with Gasteiger partial charge in [-0.15, -0.1) is 0 Å². The lowest BCUT2D eigenvalue weighted by Crippen LogP contribution is -2.20. The van der Waals surface area contributed by atoms with Crippen molar-refractivity contribution in [1.82, 2.24) is 0 Å². The molecule has 0 spiro atoms. The molecule has 80 valence electrons. The zero-order valence-corrected chi connectivity index (χ0v) is 9.20. The van der Waals surface area contributed by atoms with Crippen LogP contribution >= 0.6 is 7.37 Å². The second-order valence-corrected chi connectivity index (χ2v) is 6.21. The maximum absolute atomic E-state index is 11.4. The predicted octanol–water partition coefficient (Wildman–Crippen LogP) is 0.622. The molecule has 0 rings (SSSR count). The normalized spacial score (nSPS) is 18.6. The van der Waals surface area contributed by atoms with Crippen LogP contribution in [0.1, 0.15) is 20.3 Å². The average Bonchev–Trinajstić information content (AvgIpc) is 2.00. The van der Waals surface area contributed by atoms with E-state index in [1.807, 2.05) is 13.8 Å². The summed E-state index contributed by atoms with van der Waals surface area (Å²) in [6, 6.07) is 0. The maximum atomic E-state index is 11.4. The molecule has 0 aromatic heterocycles. The fourth-order valence-corrected chi connectivity index (χ4v) is 2.80. The van der Waals surface area contributed by atoms with Crippen molar-refractivity contribution < 1.29 is 14.6 Å². The number of aliphatic hydroxyl groups is 1. The molecule has 0 bridgehead atoms. The molecule has 13 heavy (non-hydrogen) atoms. The summed E-state index contributed by atoms with van der Waals surface area (Å²) in [5.74, 6) is 0.0263. The summed E-state index contributed by atoms with van der Waals surface area (Å²) in [6.07, 6.45) is 0.0601. The van der Waals surface area contributed by atoms with Crippen molar-refractivity contribution in [3.05, 3.63) is 0 Å². The zero-order chi connectivity index (χ0) is 10.5. The smallest absolute Gasteiger partial charge is 0.203 e. The van der Waals surface area contributed by atoms with Crippen LogP contribution in [0.3, 0.4) is 0 Å². The number of nitrogens with two attached hydrogens (primary N) is 1. The largest absolute Gasteiger partial charge is 0.392 e. The van der Waals surface area contributed by atoms with Crippen LogP contribution in [0.5, 0.6) is 0 Å². The molecule has 0 aromatic carbocycles. The van der Waals surface area contributed by atoms with E-state index in [2.05, 4.69) is 0 Å². The third-order valence-electron chi connectivity index (χ3n) is 1.95. The first-order valence-electron chi connectivity index (χ1n) is 4.58. The van der Waals surface area contributed by atoms with Gasteiger partial charge in [0.2, 0.25) is 7.37 Å². The molecular formula is C8H20NO3P. The van der Waals surface area contributed by atoms with Crippen LogP contribution in [-0.2, 0) is 4.57 Å². The molecule has 0 saturated heterocycles. The Balaban J connectivity index is 3.94. The molecule has 0 aromatic rings. The van der Waals surface area contributed by atoms with Crippen molar-refractivity contribution in [3.63, 3.8) is 0 Å². The first-order valence-corrected chi connectivity index (χ1v) is 6.61. The van der Waals surface area contributed by atoms with E-state index < -0.39 is 13.5 Å². The topological polar surface area (TPSA) is 83.5 Å². The van der Waals surface area contributed by atoms with Crippen molar-refractivity contribution in [1.29, 1.82) is 0 Å². The second kappa shape index (κ2) is 5.76. The van der Waals surface area contributed by atoms with Gasteiger partial charge < -0.3 is 15.7 Å². The summed E-state index contributed by atoms with van der Waals surface area (Å²) in [5, 5.41) is 9.40. The van der Waals surface area contributed by atoms with Gasteiger partial charge in [-0.25, -0.2) is 0 Å². The summed E-state index contributed by atoms with van der Waals surface area (Å²) in [5.41, 5.74) is 5.23. The average molecular weight is 209 g/mol. The second-order valence-electron chi connectivity index (χ2n) is 3.71. The van der Waals surface area contributed by atoms with Crippen molar-refractivity contribution >= 4 is 7.37 Å². The lowest BCUT2D eigenvalue weighted by atomic mass is 10.1. The van der Waals surface area contributed by atoms with Crippen LogP contribution in [0.4, 0.5) is 0 Å². The molecule has 2 atom stereocenters. The van der Waals surface area contributed by atoms with Crippen LogP contribution in [0.25, 0.3) is 0 Å². The van der Waals surface area contributed by atoms with Gasteiger partial charge in [0.15, 0.2) is 0 Å². The predicted molar refractivity (Wildman–Crippen MR) is 54.1 cm³/mol. The molecule has 0 amide bonds. The van der Waals surface area contributed by atoms with E-state index in [0.717, 1.165) is 0 Å². The summed E-state index contributed by atoms with van der Waals surface area (Å²) in [6.45, 7) is 4.07. The van der Waals surface area contributed by atoms with Gasteiger partial charge in [-0.05, 0) is 18.9 Å². The number of rotatable bonds is 6. The quantitative estimate of drug-likeness (QED) is 0.560. The fourth-order valence-electron chi connectivity index (χ4n) is 0.933. The summed E-state index contributed by atoms with van der Waals surface area (Å²) < 4.78 is 11.4. The molecule has 0 radical (unpaired) electrons. The number of hydrogen-bond acceptors (Lipinski definition) is 3. The monoisotopic (exact) mass is 209 g/mol. The Bertz CT molecular complexity index is 184. The minimum Gasteiger partial charge on any atom is -0.392 e. The van der Waals surface area contributed by atoms with Crippen LogP contribution < -0.4 is 5.73 Å². The summed E-state index contributed by atoms with van der Waals surface area (Å²) in [7, 11) is -3.15. The fraction of sp³-hybridized carbons (Fsp3) is 1.00. The van der Waals surface area contributed by atoms with Gasteiger partial charge in [0.05, 0.1) is 12.3 Å². The van der Waals surface area contributed by atoms with Crippen molar-refractivity contribution in [2.75, 3.05) is 18.9 Å². The van der Waals surface area contributed by atoms with Crippen LogP contribution in [0.15, 0.2) is 0 Å². The molecule has 4 nitrogen and oxygen atoms in total. The Kier molecular flexibility index (Phi) is 5.81. The maximum Gasteiger partial charge on any atom is 0.203 e. The van der Waals surface area contributed by atoms with Gasteiger partial charge in [-0.2, -0.15) is 0 Å². The molecule has 0 aliphatic heterocycles. The molecule has 0 fully saturated rings. The molecule has 5 heteroatoms. The van der Waals surface area contributed by atoms with Crippen LogP contribution in [-0.4, -0.2) is 35.0 Å². The molecule has 0 heterocycles. The van der Waals surface area contributed by atoms with E-state index in [1.54, 1.807) is 0 Å². The van der Waals surface area contributed by atoms with Gasteiger partial charge >= 0.3 is 0 Å². The van der Waals surface area contributed by atoms with E-state index in [9.17, 15) is 14.6 Å². The Hall–Kier alpha value is 0.110. The molecule has 0 aliphatic carbocycles. The van der Waals surface area contributed by atoms with Gasteiger partial charge in [0.1, 0.15) is 0 Å². The first kappa shape index (κ1) is 13.1. The lowest BCUT2D eigenvalue weighted by Gasteiger charge is -2.18. The molecule has 0 saturated carbocycles. The summed E-state index contributed by atoms with van der Waals surface area (Å²) >= 11 is 0. The van der Waals surface area contributed by atoms with Gasteiger partial charge in [0, 0.05) is 6.16 Å². The van der Waals surface area contributed by atoms with Gasteiger partial charge in [-0.1, -0.05) is 13.8 Å². The van der Waals surface area contributed by atoms with Gasteiger partial charge in [0.25, 0.3) is 0 Å². The highest BCUT2D eigenvalue weighted by Gasteiger charge is 2.23. The molecule has 4 N–H and O–H groups in total. The first-order chi connectivity index (χ1) is 5.89. The van der Waals surface area contributed by atoms with Crippen molar-refractivity contribution in [2.45, 2.75) is 26.4 Å². The van der Waals surface area contributed by atoms with Crippen molar-refractivity contribution in [3.8, 4) is 0 Å². The van der Waals surface area contributed by atoms with Crippen LogP contribution in [0.2, 0.25) is 0 Å². The Morgan fingerprint density at radius 2 is 2.00 bits per heavy atom. The Morgan fingerprint density at radius 3 is 2.38 bits per heavy atom. The third-order valence-corrected chi connectivity index (χ3v) is 3.91. The van der Waals surface area contributed by atoms with E-state index in [4.69, 9.17) is 5.73 Å². The van der Waals surface area contributed by atoms with Crippen molar-refractivity contribution in [2.24, 2.45) is 11.7 Å². The van der Waals surface area contributed by atoms with E-state index in [1.165, 1.54) is 0 Å². The highest BCUT2D eigenvalue weighted by Crippen LogP contribution is 2.42. The van der Waals surface area contributed by atoms with Crippen LogP contribution in [0, 0.1) is 5.92 Å². The minimum absolute atomic E-state index is 0.00926.